The maximum absolute atomic E-state index is 13.4. The summed E-state index contributed by atoms with van der Waals surface area (Å²) in [6.07, 6.45) is -4.63. The summed E-state index contributed by atoms with van der Waals surface area (Å²) in [7, 11) is 0. The molecule has 0 fully saturated rings. The van der Waals surface area contributed by atoms with E-state index < -0.39 is 17.6 Å². The van der Waals surface area contributed by atoms with E-state index in [9.17, 15) is 23.2 Å². The number of para-hydroxylation sites is 1. The van der Waals surface area contributed by atoms with Gasteiger partial charge in [-0.2, -0.15) is 18.4 Å². The molecule has 5 rings (SSSR count). The second-order valence-corrected chi connectivity index (χ2v) is 6.51. The van der Waals surface area contributed by atoms with Crippen molar-refractivity contribution < 1.29 is 18.3 Å². The Morgan fingerprint density at radius 3 is 2.60 bits per heavy atom. The molecule has 0 aliphatic rings. The van der Waals surface area contributed by atoms with Crippen molar-refractivity contribution in [2.24, 2.45) is 5.18 Å². The SMILES string of the molecule is O=Nc1c(-c2c(O)[nH]c3c(C(F)(F)F)cccc23)[nH]c2ccc(-c3nn[nH]n3)cc12. The van der Waals surface area contributed by atoms with Crippen LogP contribution in [-0.4, -0.2) is 35.7 Å². The number of fused-ring (bicyclic) bond motifs is 2. The van der Waals surface area contributed by atoms with Gasteiger partial charge in [0.2, 0.25) is 5.82 Å². The Labute approximate surface area is 163 Å². The Kier molecular flexibility index (Phi) is 3.65. The lowest BCUT2D eigenvalue weighted by atomic mass is 10.0. The Morgan fingerprint density at radius 2 is 1.90 bits per heavy atom. The minimum atomic E-state index is -4.63. The van der Waals surface area contributed by atoms with Crippen LogP contribution in [0.4, 0.5) is 18.9 Å². The van der Waals surface area contributed by atoms with E-state index in [-0.39, 0.29) is 27.8 Å². The van der Waals surface area contributed by atoms with Gasteiger partial charge < -0.3 is 15.1 Å². The third-order valence-electron chi connectivity index (χ3n) is 4.84. The lowest BCUT2D eigenvalue weighted by Crippen LogP contribution is -2.05. The molecule has 3 aromatic heterocycles. The van der Waals surface area contributed by atoms with Crippen LogP contribution in [0.25, 0.3) is 44.5 Å². The second-order valence-electron chi connectivity index (χ2n) is 6.51. The van der Waals surface area contributed by atoms with Crippen LogP contribution in [0.5, 0.6) is 5.88 Å². The van der Waals surface area contributed by atoms with Crippen molar-refractivity contribution in [1.82, 2.24) is 30.6 Å². The zero-order valence-corrected chi connectivity index (χ0v) is 14.7. The summed E-state index contributed by atoms with van der Waals surface area (Å²) in [4.78, 5) is 17.0. The molecule has 2 aromatic carbocycles. The van der Waals surface area contributed by atoms with Crippen molar-refractivity contribution in [3.8, 4) is 28.5 Å². The van der Waals surface area contributed by atoms with Crippen LogP contribution in [0, 0.1) is 4.91 Å². The van der Waals surface area contributed by atoms with Crippen LogP contribution in [0.1, 0.15) is 5.56 Å². The number of benzene rings is 2. The molecule has 0 saturated carbocycles. The molecular formula is C18H10F3N7O2. The average molecular weight is 413 g/mol. The Morgan fingerprint density at radius 1 is 1.07 bits per heavy atom. The molecule has 0 amide bonds. The second kappa shape index (κ2) is 6.14. The minimum Gasteiger partial charge on any atom is -0.494 e. The fourth-order valence-electron chi connectivity index (χ4n) is 3.57. The summed E-state index contributed by atoms with van der Waals surface area (Å²) in [5, 5.41) is 27.5. The third kappa shape index (κ3) is 2.53. The molecule has 30 heavy (non-hydrogen) atoms. The molecule has 0 unspecified atom stereocenters. The van der Waals surface area contributed by atoms with Gasteiger partial charge >= 0.3 is 6.18 Å². The molecule has 0 radical (unpaired) electrons. The maximum atomic E-state index is 13.4. The van der Waals surface area contributed by atoms with E-state index in [2.05, 4.69) is 35.8 Å². The van der Waals surface area contributed by atoms with E-state index in [1.54, 1.807) is 18.2 Å². The molecular weight excluding hydrogens is 403 g/mol. The summed E-state index contributed by atoms with van der Waals surface area (Å²) >= 11 is 0. The number of rotatable bonds is 3. The van der Waals surface area contributed by atoms with Gasteiger partial charge in [-0.3, -0.25) is 0 Å². The molecule has 0 aliphatic heterocycles. The zero-order valence-electron chi connectivity index (χ0n) is 14.7. The first-order valence-electron chi connectivity index (χ1n) is 8.52. The first-order valence-corrected chi connectivity index (χ1v) is 8.52. The number of aromatic hydroxyl groups is 1. The Hall–Kier alpha value is -4.22. The Bertz CT molecular complexity index is 1420. The molecule has 0 aliphatic carbocycles. The molecule has 12 heteroatoms. The molecule has 3 heterocycles. The van der Waals surface area contributed by atoms with E-state index >= 15 is 0 Å². The van der Waals surface area contributed by atoms with Crippen molar-refractivity contribution in [3.63, 3.8) is 0 Å². The van der Waals surface area contributed by atoms with Gasteiger partial charge in [0.05, 0.1) is 22.3 Å². The maximum Gasteiger partial charge on any atom is 0.418 e. The number of nitroso groups, excluding NO2 is 1. The molecule has 0 atom stereocenters. The molecule has 9 nitrogen and oxygen atoms in total. The van der Waals surface area contributed by atoms with E-state index in [4.69, 9.17) is 0 Å². The normalized spacial score (nSPS) is 12.1. The van der Waals surface area contributed by atoms with Gasteiger partial charge in [-0.15, -0.1) is 15.1 Å². The van der Waals surface area contributed by atoms with Crippen LogP contribution < -0.4 is 0 Å². The standard InChI is InChI=1S/C18H10F3N7O2/c19-18(20,21)10-3-1-2-8-12(17(29)23-13(8)10)15-14(26-30)9-6-7(4-5-11(9)22-15)16-24-27-28-25-16/h1-6,22-23,29H,(H,24,25,27,28). The van der Waals surface area contributed by atoms with Gasteiger partial charge in [-0.1, -0.05) is 12.1 Å². The minimum absolute atomic E-state index is 0.0167. The number of H-pyrrole nitrogens is 3. The van der Waals surface area contributed by atoms with Gasteiger partial charge in [0.25, 0.3) is 0 Å². The fourth-order valence-corrected chi connectivity index (χ4v) is 3.57. The van der Waals surface area contributed by atoms with E-state index in [0.717, 1.165) is 6.07 Å². The van der Waals surface area contributed by atoms with Crippen molar-refractivity contribution in [2.75, 3.05) is 0 Å². The van der Waals surface area contributed by atoms with Gasteiger partial charge in [-0.05, 0) is 34.7 Å². The topological polar surface area (TPSA) is 136 Å². The van der Waals surface area contributed by atoms with E-state index in [1.165, 1.54) is 12.1 Å². The van der Waals surface area contributed by atoms with Crippen LogP contribution in [0.3, 0.4) is 0 Å². The molecule has 5 aromatic rings. The van der Waals surface area contributed by atoms with Crippen LogP contribution in [0.15, 0.2) is 41.6 Å². The number of hydrogen-bond acceptors (Lipinski definition) is 6. The van der Waals surface area contributed by atoms with E-state index in [1.807, 2.05) is 0 Å². The fraction of sp³-hybridized carbons (Fsp3) is 0.0556. The van der Waals surface area contributed by atoms with Crippen LogP contribution in [0.2, 0.25) is 0 Å². The number of aromatic amines is 3. The highest BCUT2D eigenvalue weighted by Crippen LogP contribution is 2.46. The number of tetrazole rings is 1. The first kappa shape index (κ1) is 17.8. The predicted molar refractivity (Wildman–Crippen MR) is 101 cm³/mol. The monoisotopic (exact) mass is 413 g/mol. The van der Waals surface area contributed by atoms with Crippen molar-refractivity contribution >= 4 is 27.5 Å². The molecule has 0 spiro atoms. The smallest absolute Gasteiger partial charge is 0.418 e. The molecule has 0 saturated heterocycles. The third-order valence-corrected chi connectivity index (χ3v) is 4.84. The quantitative estimate of drug-likeness (QED) is 0.320. The first-order chi connectivity index (χ1) is 14.4. The zero-order chi connectivity index (χ0) is 21.0. The van der Waals surface area contributed by atoms with Gasteiger partial charge in [0, 0.05) is 21.9 Å². The van der Waals surface area contributed by atoms with Crippen molar-refractivity contribution in [1.29, 1.82) is 0 Å². The van der Waals surface area contributed by atoms with Crippen molar-refractivity contribution in [3.05, 3.63) is 46.9 Å². The summed E-state index contributed by atoms with van der Waals surface area (Å²) in [6, 6.07) is 8.48. The average Bonchev–Trinajstić information content (AvgIpc) is 3.42. The number of alkyl halides is 3. The highest BCUT2D eigenvalue weighted by molar-refractivity contribution is 6.08. The highest BCUT2D eigenvalue weighted by Gasteiger charge is 2.34. The van der Waals surface area contributed by atoms with Crippen LogP contribution in [-0.2, 0) is 6.18 Å². The Balaban J connectivity index is 1.79. The number of aromatic nitrogens is 6. The molecule has 0 bridgehead atoms. The predicted octanol–water partition coefficient (Wildman–Crippen LogP) is 4.62. The van der Waals surface area contributed by atoms with Gasteiger partial charge in [0.1, 0.15) is 5.69 Å². The number of nitrogens with zero attached hydrogens (tertiary/aromatic N) is 4. The summed E-state index contributed by atoms with van der Waals surface area (Å²) in [5.74, 6) is -0.224. The van der Waals surface area contributed by atoms with Crippen LogP contribution >= 0.6 is 0 Å². The summed E-state index contributed by atoms with van der Waals surface area (Å²) in [5.41, 5.74) is -0.139. The molecule has 4 N–H and O–H groups in total. The highest BCUT2D eigenvalue weighted by atomic mass is 19.4. The lowest BCUT2D eigenvalue weighted by Gasteiger charge is -2.07. The number of nitrogens with one attached hydrogen (secondary N) is 3. The van der Waals surface area contributed by atoms with Gasteiger partial charge in [0.15, 0.2) is 5.88 Å². The van der Waals surface area contributed by atoms with E-state index in [0.29, 0.717) is 22.3 Å². The molecule has 150 valence electrons. The number of halogens is 3. The number of hydrogen-bond donors (Lipinski definition) is 4. The lowest BCUT2D eigenvalue weighted by molar-refractivity contribution is -0.136. The largest absolute Gasteiger partial charge is 0.494 e. The van der Waals surface area contributed by atoms with Crippen molar-refractivity contribution in [2.45, 2.75) is 6.18 Å². The summed E-state index contributed by atoms with van der Waals surface area (Å²) in [6.45, 7) is 0. The summed E-state index contributed by atoms with van der Waals surface area (Å²) < 4.78 is 40.1. The van der Waals surface area contributed by atoms with Gasteiger partial charge in [-0.25, -0.2) is 0 Å².